The molecular formula is C14H17N3O2S. The summed E-state index contributed by atoms with van der Waals surface area (Å²) in [5.74, 6) is 1.16. The highest BCUT2D eigenvalue weighted by molar-refractivity contribution is 7.99. The number of aromatic nitrogens is 2. The summed E-state index contributed by atoms with van der Waals surface area (Å²) in [6.07, 6.45) is 0.920. The minimum atomic E-state index is -0.332. The highest BCUT2D eigenvalue weighted by Crippen LogP contribution is 2.45. The first-order chi connectivity index (χ1) is 9.78. The van der Waals surface area contributed by atoms with Crippen molar-refractivity contribution >= 4 is 11.8 Å². The molecule has 0 saturated carbocycles. The van der Waals surface area contributed by atoms with Crippen molar-refractivity contribution in [1.82, 2.24) is 10.1 Å². The molecular weight excluding hydrogens is 274 g/mol. The molecule has 1 aromatic heterocycles. The van der Waals surface area contributed by atoms with E-state index in [1.807, 2.05) is 13.0 Å². The van der Waals surface area contributed by atoms with E-state index < -0.39 is 0 Å². The minimum absolute atomic E-state index is 0.188. The van der Waals surface area contributed by atoms with Gasteiger partial charge in [-0.1, -0.05) is 23.4 Å². The van der Waals surface area contributed by atoms with Crippen molar-refractivity contribution in [3.63, 3.8) is 0 Å². The second-order valence-corrected chi connectivity index (χ2v) is 5.92. The van der Waals surface area contributed by atoms with Crippen molar-refractivity contribution in [3.05, 3.63) is 41.5 Å². The maximum Gasteiger partial charge on any atom is 0.240 e. The number of benzene rings is 1. The Morgan fingerprint density at radius 3 is 3.15 bits per heavy atom. The van der Waals surface area contributed by atoms with Gasteiger partial charge >= 0.3 is 0 Å². The van der Waals surface area contributed by atoms with Gasteiger partial charge in [-0.3, -0.25) is 0 Å². The zero-order valence-electron chi connectivity index (χ0n) is 11.3. The Bertz CT molecular complexity index is 562. The molecule has 0 spiro atoms. The number of hydrogen-bond donors (Lipinski definition) is 1. The third-order valence-electron chi connectivity index (χ3n) is 3.21. The van der Waals surface area contributed by atoms with Crippen LogP contribution in [0.25, 0.3) is 0 Å². The van der Waals surface area contributed by atoms with Gasteiger partial charge in [0.2, 0.25) is 5.89 Å². The van der Waals surface area contributed by atoms with Crippen molar-refractivity contribution in [2.75, 3.05) is 13.2 Å². The van der Waals surface area contributed by atoms with Crippen LogP contribution in [0.4, 0.5) is 0 Å². The summed E-state index contributed by atoms with van der Waals surface area (Å²) >= 11 is 1.76. The van der Waals surface area contributed by atoms with Crippen LogP contribution in [0, 0.1) is 0 Å². The highest BCUT2D eigenvalue weighted by atomic mass is 32.2. The van der Waals surface area contributed by atoms with E-state index in [-0.39, 0.29) is 11.3 Å². The molecule has 2 heterocycles. The van der Waals surface area contributed by atoms with Gasteiger partial charge in [0.15, 0.2) is 5.82 Å². The lowest BCUT2D eigenvalue weighted by atomic mass is 10.1. The second kappa shape index (κ2) is 5.95. The van der Waals surface area contributed by atoms with Crippen LogP contribution >= 0.6 is 11.8 Å². The fraction of sp³-hybridized carbons (Fsp3) is 0.429. The molecule has 2 unspecified atom stereocenters. The molecule has 0 amide bonds. The Morgan fingerprint density at radius 1 is 1.50 bits per heavy atom. The first-order valence-electron chi connectivity index (χ1n) is 6.69. The van der Waals surface area contributed by atoms with Crippen molar-refractivity contribution < 1.29 is 9.26 Å². The van der Waals surface area contributed by atoms with Crippen molar-refractivity contribution in [3.8, 4) is 0 Å². The lowest BCUT2D eigenvalue weighted by Gasteiger charge is -2.05. The number of fused-ring (bicyclic) bond motifs is 1. The average Bonchev–Trinajstić information content (AvgIpc) is 3.10. The summed E-state index contributed by atoms with van der Waals surface area (Å²) < 4.78 is 10.6. The predicted octanol–water partition coefficient (Wildman–Crippen LogP) is 2.50. The standard InChI is InChI=1S/C14H17N3O2S/c1-2-18-8-10(15)13-16-14(19-17-13)12-7-9-5-3-4-6-11(9)20-12/h3-6,10,12H,2,7-8,15H2,1H3. The van der Waals surface area contributed by atoms with Gasteiger partial charge in [0, 0.05) is 11.5 Å². The Hall–Kier alpha value is -1.37. The van der Waals surface area contributed by atoms with E-state index >= 15 is 0 Å². The number of nitrogens with zero attached hydrogens (tertiary/aromatic N) is 2. The topological polar surface area (TPSA) is 74.2 Å². The van der Waals surface area contributed by atoms with Crippen LogP contribution in [-0.4, -0.2) is 23.4 Å². The number of thioether (sulfide) groups is 1. The first kappa shape index (κ1) is 13.6. The van der Waals surface area contributed by atoms with Gasteiger partial charge in [0.25, 0.3) is 0 Å². The zero-order valence-corrected chi connectivity index (χ0v) is 12.1. The lowest BCUT2D eigenvalue weighted by molar-refractivity contribution is 0.130. The molecule has 106 valence electrons. The number of nitrogens with two attached hydrogens (primary N) is 1. The third-order valence-corrected chi connectivity index (χ3v) is 4.52. The molecule has 0 saturated heterocycles. The van der Waals surface area contributed by atoms with Crippen LogP contribution in [0.1, 0.15) is 35.5 Å². The van der Waals surface area contributed by atoms with Gasteiger partial charge in [-0.2, -0.15) is 4.98 Å². The van der Waals surface area contributed by atoms with E-state index in [0.717, 1.165) is 6.42 Å². The summed E-state index contributed by atoms with van der Waals surface area (Å²) in [6.45, 7) is 2.97. The summed E-state index contributed by atoms with van der Waals surface area (Å²) in [5, 5.41) is 4.16. The van der Waals surface area contributed by atoms with Crippen molar-refractivity contribution in [2.45, 2.75) is 29.5 Å². The summed E-state index contributed by atoms with van der Waals surface area (Å²) in [7, 11) is 0. The largest absolute Gasteiger partial charge is 0.380 e. The third kappa shape index (κ3) is 2.72. The molecule has 2 aromatic rings. The van der Waals surface area contributed by atoms with Gasteiger partial charge in [0.05, 0.1) is 17.9 Å². The van der Waals surface area contributed by atoms with E-state index in [1.54, 1.807) is 11.8 Å². The number of hydrogen-bond acceptors (Lipinski definition) is 6. The van der Waals surface area contributed by atoms with Crippen LogP contribution in [0.3, 0.4) is 0 Å². The lowest BCUT2D eigenvalue weighted by Crippen LogP contribution is -2.18. The second-order valence-electron chi connectivity index (χ2n) is 4.68. The number of rotatable bonds is 5. The average molecular weight is 291 g/mol. The molecule has 1 aliphatic rings. The Morgan fingerprint density at radius 2 is 2.35 bits per heavy atom. The van der Waals surface area contributed by atoms with Crippen LogP contribution in [-0.2, 0) is 11.2 Å². The molecule has 1 aromatic carbocycles. The highest BCUT2D eigenvalue weighted by Gasteiger charge is 2.28. The van der Waals surface area contributed by atoms with E-state index in [4.69, 9.17) is 15.0 Å². The smallest absolute Gasteiger partial charge is 0.240 e. The van der Waals surface area contributed by atoms with Crippen LogP contribution in [0.5, 0.6) is 0 Å². The van der Waals surface area contributed by atoms with Crippen LogP contribution < -0.4 is 5.73 Å². The van der Waals surface area contributed by atoms with Crippen LogP contribution in [0.15, 0.2) is 33.7 Å². The summed E-state index contributed by atoms with van der Waals surface area (Å²) in [4.78, 5) is 5.71. The van der Waals surface area contributed by atoms with Gasteiger partial charge in [-0.25, -0.2) is 0 Å². The molecule has 1 aliphatic heterocycles. The van der Waals surface area contributed by atoms with Gasteiger partial charge in [0.1, 0.15) is 0 Å². The zero-order chi connectivity index (χ0) is 13.9. The fourth-order valence-corrected chi connectivity index (χ4v) is 3.39. The number of ether oxygens (including phenoxy) is 1. The molecule has 0 bridgehead atoms. The Kier molecular flexibility index (Phi) is 4.05. The summed E-state index contributed by atoms with van der Waals surface area (Å²) in [6, 6.07) is 8.03. The molecule has 0 radical (unpaired) electrons. The van der Waals surface area contributed by atoms with Crippen molar-refractivity contribution in [1.29, 1.82) is 0 Å². The normalized spacial score (nSPS) is 19.0. The molecule has 6 heteroatoms. The van der Waals surface area contributed by atoms with E-state index in [9.17, 15) is 0 Å². The van der Waals surface area contributed by atoms with Gasteiger partial charge in [-0.15, -0.1) is 11.8 Å². The first-order valence-corrected chi connectivity index (χ1v) is 7.57. The van der Waals surface area contributed by atoms with E-state index in [1.165, 1.54) is 10.5 Å². The monoisotopic (exact) mass is 291 g/mol. The molecule has 20 heavy (non-hydrogen) atoms. The Balaban J connectivity index is 1.69. The van der Waals surface area contributed by atoms with Gasteiger partial charge < -0.3 is 15.0 Å². The Labute approximate surface area is 121 Å². The van der Waals surface area contributed by atoms with Crippen LogP contribution in [0.2, 0.25) is 0 Å². The molecule has 0 aliphatic carbocycles. The predicted molar refractivity (Wildman–Crippen MR) is 76.5 cm³/mol. The SMILES string of the molecule is CCOCC(N)c1noc(C2Cc3ccccc3S2)n1. The van der Waals surface area contributed by atoms with E-state index in [0.29, 0.717) is 24.9 Å². The minimum Gasteiger partial charge on any atom is -0.380 e. The van der Waals surface area contributed by atoms with Gasteiger partial charge in [-0.05, 0) is 25.0 Å². The molecule has 0 fully saturated rings. The molecule has 2 N–H and O–H groups in total. The van der Waals surface area contributed by atoms with E-state index in [2.05, 4.69) is 28.3 Å². The van der Waals surface area contributed by atoms with Crippen molar-refractivity contribution in [2.24, 2.45) is 5.73 Å². The molecule has 5 nitrogen and oxygen atoms in total. The molecule has 2 atom stereocenters. The fourth-order valence-electron chi connectivity index (χ4n) is 2.17. The maximum atomic E-state index is 5.96. The quantitative estimate of drug-likeness (QED) is 0.912. The molecule has 3 rings (SSSR count). The summed E-state index contributed by atoms with van der Waals surface area (Å²) in [5.41, 5.74) is 7.29. The maximum absolute atomic E-state index is 5.96.